The van der Waals surface area contributed by atoms with Crippen LogP contribution in [0.1, 0.15) is 25.2 Å². The molecular formula is C26H20F4N3+. The highest BCUT2D eigenvalue weighted by atomic mass is 19.1. The van der Waals surface area contributed by atoms with E-state index in [0.717, 1.165) is 12.1 Å². The van der Waals surface area contributed by atoms with Gasteiger partial charge in [0.2, 0.25) is 11.4 Å². The molecule has 5 rings (SSSR count). The maximum absolute atomic E-state index is 15.2. The van der Waals surface area contributed by atoms with Crippen LogP contribution in [-0.4, -0.2) is 12.0 Å². The number of anilines is 1. The van der Waals surface area contributed by atoms with E-state index in [1.807, 2.05) is 26.0 Å². The van der Waals surface area contributed by atoms with Crippen LogP contribution in [0.2, 0.25) is 0 Å². The highest BCUT2D eigenvalue weighted by molar-refractivity contribution is 5.76. The lowest BCUT2D eigenvalue weighted by Gasteiger charge is -2.26. The predicted molar refractivity (Wildman–Crippen MR) is 118 cm³/mol. The van der Waals surface area contributed by atoms with Gasteiger partial charge in [-0.1, -0.05) is 6.07 Å². The van der Waals surface area contributed by atoms with Gasteiger partial charge in [-0.2, -0.15) is 4.57 Å². The van der Waals surface area contributed by atoms with Crippen LogP contribution in [0.5, 0.6) is 0 Å². The van der Waals surface area contributed by atoms with Crippen LogP contribution >= 0.6 is 0 Å². The van der Waals surface area contributed by atoms with Gasteiger partial charge in [-0.25, -0.2) is 17.6 Å². The van der Waals surface area contributed by atoms with E-state index in [1.54, 1.807) is 35.9 Å². The van der Waals surface area contributed by atoms with Gasteiger partial charge in [-0.15, -0.1) is 0 Å². The van der Waals surface area contributed by atoms with E-state index in [2.05, 4.69) is 10.3 Å². The first-order chi connectivity index (χ1) is 15.7. The number of nitrogens with zero attached hydrogens (tertiary/aromatic N) is 2. The van der Waals surface area contributed by atoms with Gasteiger partial charge in [-0.3, -0.25) is 4.98 Å². The molecule has 1 aliphatic rings. The molecule has 0 atom stereocenters. The maximum atomic E-state index is 15.2. The van der Waals surface area contributed by atoms with Crippen molar-refractivity contribution < 1.29 is 22.1 Å². The highest BCUT2D eigenvalue weighted by Gasteiger charge is 2.41. The monoisotopic (exact) mass is 450 g/mol. The number of pyridine rings is 2. The Balaban J connectivity index is 2.00. The van der Waals surface area contributed by atoms with Crippen molar-refractivity contribution in [3.63, 3.8) is 0 Å². The number of fused-ring (bicyclic) bond motifs is 6. The summed E-state index contributed by atoms with van der Waals surface area (Å²) >= 11 is 0. The largest absolute Gasteiger partial charge is 0.387 e. The molecule has 2 aromatic heterocycles. The maximum Gasteiger partial charge on any atom is 0.226 e. The van der Waals surface area contributed by atoms with Crippen LogP contribution in [0.4, 0.5) is 23.2 Å². The average molecular weight is 450 g/mol. The molecule has 0 fully saturated rings. The number of aromatic nitrogens is 2. The lowest BCUT2D eigenvalue weighted by Crippen LogP contribution is -2.46. The third-order valence-corrected chi connectivity index (χ3v) is 6.13. The molecular weight excluding hydrogens is 430 g/mol. The van der Waals surface area contributed by atoms with Crippen LogP contribution in [0, 0.1) is 23.3 Å². The zero-order valence-electron chi connectivity index (χ0n) is 18.2. The zero-order valence-corrected chi connectivity index (χ0v) is 18.2. The molecule has 33 heavy (non-hydrogen) atoms. The molecule has 7 heteroatoms. The fourth-order valence-electron chi connectivity index (χ4n) is 4.53. The van der Waals surface area contributed by atoms with Gasteiger partial charge in [-0.05, 0) is 38.1 Å². The van der Waals surface area contributed by atoms with Gasteiger partial charge >= 0.3 is 0 Å². The van der Waals surface area contributed by atoms with Crippen molar-refractivity contribution in [2.24, 2.45) is 0 Å². The van der Waals surface area contributed by atoms with Crippen LogP contribution < -0.4 is 9.88 Å². The van der Waals surface area contributed by atoms with E-state index >= 15 is 8.78 Å². The topological polar surface area (TPSA) is 28.8 Å². The minimum absolute atomic E-state index is 0.0874. The Labute approximate surface area is 188 Å². The van der Waals surface area contributed by atoms with E-state index in [1.165, 1.54) is 12.1 Å². The molecule has 1 N–H and O–H groups in total. The molecule has 0 saturated carbocycles. The smallest absolute Gasteiger partial charge is 0.226 e. The molecule has 4 aromatic rings. The highest BCUT2D eigenvalue weighted by Crippen LogP contribution is 2.39. The van der Waals surface area contributed by atoms with Gasteiger partial charge in [0.15, 0.2) is 5.69 Å². The molecule has 2 aromatic carbocycles. The third kappa shape index (κ3) is 3.18. The van der Waals surface area contributed by atoms with Gasteiger partial charge in [0.1, 0.15) is 34.4 Å². The van der Waals surface area contributed by atoms with E-state index < -0.39 is 28.7 Å². The second-order valence-electron chi connectivity index (χ2n) is 8.51. The summed E-state index contributed by atoms with van der Waals surface area (Å²) < 4.78 is 60.6. The third-order valence-electron chi connectivity index (χ3n) is 6.13. The number of nitrogens with one attached hydrogen (secondary N) is 1. The molecule has 166 valence electrons. The van der Waals surface area contributed by atoms with Crippen molar-refractivity contribution in [1.29, 1.82) is 0 Å². The number of halogens is 4. The SMILES string of the molecule is CNc1cc(F)cc(F)c1-c1cccc2[n+]1-c1cc(F)cc(F)c1-c1cccc(n1)C2(C)C. The first-order valence-electron chi connectivity index (χ1n) is 10.4. The van der Waals surface area contributed by atoms with Crippen LogP contribution in [0.3, 0.4) is 0 Å². The summed E-state index contributed by atoms with van der Waals surface area (Å²) in [5.74, 6) is -3.09. The lowest BCUT2D eigenvalue weighted by atomic mass is 9.82. The first-order valence-corrected chi connectivity index (χ1v) is 10.4. The molecule has 0 spiro atoms. The lowest BCUT2D eigenvalue weighted by molar-refractivity contribution is -0.596. The zero-order chi connectivity index (χ0) is 23.5. The van der Waals surface area contributed by atoms with Crippen molar-refractivity contribution in [2.45, 2.75) is 19.3 Å². The standard InChI is InChI=1S/C26H19F4N3/c1-26(2)22-8-4-6-18(32-22)24-16(29)11-15(28)13-21(24)33-20(7-5-9-23(26)33)25-17(30)10-14(27)12-19(25)31-3/h4-13H,1-3H3/p+1. The fraction of sp³-hybridized carbons (Fsp3) is 0.154. The summed E-state index contributed by atoms with van der Waals surface area (Å²) in [6.07, 6.45) is 0. The summed E-state index contributed by atoms with van der Waals surface area (Å²) in [6, 6.07) is 14.5. The summed E-state index contributed by atoms with van der Waals surface area (Å²) in [4.78, 5) is 4.67. The van der Waals surface area contributed by atoms with Crippen molar-refractivity contribution in [1.82, 2.24) is 4.98 Å². The van der Waals surface area contributed by atoms with Crippen molar-refractivity contribution in [3.8, 4) is 28.2 Å². The fourth-order valence-corrected chi connectivity index (χ4v) is 4.53. The van der Waals surface area contributed by atoms with Gasteiger partial charge < -0.3 is 5.32 Å². The summed E-state index contributed by atoms with van der Waals surface area (Å²) in [5, 5.41) is 2.83. The Bertz CT molecular complexity index is 1430. The molecule has 0 aliphatic carbocycles. The Morgan fingerprint density at radius 2 is 1.48 bits per heavy atom. The average Bonchev–Trinajstić information content (AvgIpc) is 2.77. The van der Waals surface area contributed by atoms with Crippen molar-refractivity contribution in [3.05, 3.63) is 95.3 Å². The van der Waals surface area contributed by atoms with E-state index in [-0.39, 0.29) is 22.5 Å². The molecule has 2 bridgehead atoms. The number of hydrogen-bond donors (Lipinski definition) is 1. The Hall–Kier alpha value is -3.74. The van der Waals surface area contributed by atoms with Gasteiger partial charge in [0, 0.05) is 37.4 Å². The van der Waals surface area contributed by atoms with Crippen molar-refractivity contribution >= 4 is 5.69 Å². The minimum atomic E-state index is -0.796. The molecule has 0 amide bonds. The minimum Gasteiger partial charge on any atom is -0.387 e. The summed E-state index contributed by atoms with van der Waals surface area (Å²) in [7, 11) is 1.56. The van der Waals surface area contributed by atoms with Crippen LogP contribution in [-0.2, 0) is 5.41 Å². The van der Waals surface area contributed by atoms with E-state index in [9.17, 15) is 8.78 Å². The number of rotatable bonds is 2. The number of benzene rings is 2. The van der Waals surface area contributed by atoms with Gasteiger partial charge in [0.05, 0.1) is 22.5 Å². The molecule has 0 radical (unpaired) electrons. The number of hydrogen-bond acceptors (Lipinski definition) is 2. The van der Waals surface area contributed by atoms with Crippen LogP contribution in [0.25, 0.3) is 28.2 Å². The normalized spacial score (nSPS) is 13.5. The molecule has 3 nitrogen and oxygen atoms in total. The molecule has 0 unspecified atom stereocenters. The van der Waals surface area contributed by atoms with Gasteiger partial charge in [0.25, 0.3) is 0 Å². The Morgan fingerprint density at radius 3 is 2.21 bits per heavy atom. The quantitative estimate of drug-likeness (QED) is 0.303. The second kappa shape index (κ2) is 7.40. The molecule has 3 heterocycles. The Kier molecular flexibility index (Phi) is 4.74. The van der Waals surface area contributed by atoms with E-state index in [0.29, 0.717) is 22.8 Å². The summed E-state index contributed by atoms with van der Waals surface area (Å²) in [5.41, 5.74) is 1.85. The van der Waals surface area contributed by atoms with Crippen molar-refractivity contribution in [2.75, 3.05) is 12.4 Å². The second-order valence-corrected chi connectivity index (χ2v) is 8.51. The Morgan fingerprint density at radius 1 is 0.818 bits per heavy atom. The predicted octanol–water partition coefficient (Wildman–Crippen LogP) is 5.93. The first kappa shape index (κ1) is 21.1. The molecule has 0 saturated heterocycles. The summed E-state index contributed by atoms with van der Waals surface area (Å²) in [6.45, 7) is 3.88. The van der Waals surface area contributed by atoms with Crippen LogP contribution in [0.15, 0.2) is 60.7 Å². The van der Waals surface area contributed by atoms with E-state index in [4.69, 9.17) is 0 Å². The molecule has 1 aliphatic heterocycles.